The zero-order valence-electron chi connectivity index (χ0n) is 15.9. The van der Waals surface area contributed by atoms with E-state index in [2.05, 4.69) is 15.5 Å². The molecule has 152 valence electrons. The number of amides is 1. The lowest BCUT2D eigenvalue weighted by molar-refractivity contribution is -0.129. The summed E-state index contributed by atoms with van der Waals surface area (Å²) in [5.74, 6) is 0.794. The van der Waals surface area contributed by atoms with Gasteiger partial charge in [0.1, 0.15) is 18.1 Å². The van der Waals surface area contributed by atoms with E-state index >= 15 is 0 Å². The maximum Gasteiger partial charge on any atom is 0.235 e. The Balaban J connectivity index is 1.54. The number of halogens is 1. The second-order valence-corrected chi connectivity index (χ2v) is 7.96. The highest BCUT2D eigenvalue weighted by molar-refractivity contribution is 8.00. The van der Waals surface area contributed by atoms with Crippen molar-refractivity contribution in [3.63, 3.8) is 0 Å². The van der Waals surface area contributed by atoms with Crippen LogP contribution in [0, 0.1) is 0 Å². The largest absolute Gasteiger partial charge is 0.508 e. The molecule has 0 aliphatic carbocycles. The van der Waals surface area contributed by atoms with Crippen LogP contribution >= 0.6 is 23.4 Å². The SMILES string of the molecule is CC(Sc1nnnn1-c1ccc(O)cc1)C(=O)N(C)CCOc1ccc(Cl)cc1. The standard InChI is InChI=1S/C19H20ClN5O3S/c1-13(18(27)24(2)11-12-28-17-9-3-14(20)4-10-17)29-19-21-22-23-25(19)15-5-7-16(26)8-6-15/h3-10,13,26H,11-12H2,1-2H3. The third-order valence-corrected chi connectivity index (χ3v) is 5.32. The number of tetrazole rings is 1. The number of carbonyl (C=O) groups excluding carboxylic acids is 1. The van der Waals surface area contributed by atoms with Crippen molar-refractivity contribution in [1.29, 1.82) is 0 Å². The van der Waals surface area contributed by atoms with Crippen LogP contribution < -0.4 is 4.74 Å². The molecule has 2 aromatic carbocycles. The molecule has 1 aromatic heterocycles. The Morgan fingerprint density at radius 2 is 1.93 bits per heavy atom. The van der Waals surface area contributed by atoms with Gasteiger partial charge in [-0.25, -0.2) is 0 Å². The van der Waals surface area contributed by atoms with Gasteiger partial charge in [0.05, 0.1) is 17.5 Å². The number of aromatic nitrogens is 4. The predicted molar refractivity (Wildman–Crippen MR) is 111 cm³/mol. The van der Waals surface area contributed by atoms with Gasteiger partial charge in [-0.1, -0.05) is 23.4 Å². The highest BCUT2D eigenvalue weighted by Gasteiger charge is 2.22. The van der Waals surface area contributed by atoms with Crippen molar-refractivity contribution in [2.75, 3.05) is 20.2 Å². The quantitative estimate of drug-likeness (QED) is 0.545. The average Bonchev–Trinajstić information content (AvgIpc) is 3.17. The fourth-order valence-corrected chi connectivity index (χ4v) is 3.52. The van der Waals surface area contributed by atoms with Crippen molar-refractivity contribution in [2.24, 2.45) is 0 Å². The Labute approximate surface area is 177 Å². The minimum atomic E-state index is -0.391. The molecule has 1 unspecified atom stereocenters. The van der Waals surface area contributed by atoms with Crippen LogP contribution in [-0.4, -0.2) is 61.6 Å². The summed E-state index contributed by atoms with van der Waals surface area (Å²) in [6.07, 6.45) is 0. The zero-order valence-corrected chi connectivity index (χ0v) is 17.5. The molecule has 0 spiro atoms. The Hall–Kier alpha value is -2.78. The first-order valence-corrected chi connectivity index (χ1v) is 10.1. The normalized spacial score (nSPS) is 11.8. The van der Waals surface area contributed by atoms with Crippen molar-refractivity contribution in [3.05, 3.63) is 53.6 Å². The van der Waals surface area contributed by atoms with Gasteiger partial charge in [-0.15, -0.1) is 5.10 Å². The molecule has 0 bridgehead atoms. The number of nitrogens with zero attached hydrogens (tertiary/aromatic N) is 5. The first-order chi connectivity index (χ1) is 13.9. The number of carbonyl (C=O) groups is 1. The Bertz CT molecular complexity index is 949. The maximum absolute atomic E-state index is 12.7. The number of hydrogen-bond acceptors (Lipinski definition) is 7. The summed E-state index contributed by atoms with van der Waals surface area (Å²) >= 11 is 7.11. The number of phenols is 1. The molecule has 0 saturated carbocycles. The number of benzene rings is 2. The third kappa shape index (κ3) is 5.61. The van der Waals surface area contributed by atoms with Crippen molar-refractivity contribution in [2.45, 2.75) is 17.3 Å². The number of rotatable bonds is 8. The van der Waals surface area contributed by atoms with E-state index in [9.17, 15) is 9.90 Å². The molecule has 1 N–H and O–H groups in total. The molecule has 3 rings (SSSR count). The molecule has 0 aliphatic rings. The van der Waals surface area contributed by atoms with Crippen LogP contribution in [-0.2, 0) is 4.79 Å². The minimum Gasteiger partial charge on any atom is -0.508 e. The number of thioether (sulfide) groups is 1. The zero-order chi connectivity index (χ0) is 20.8. The molecule has 0 fully saturated rings. The fourth-order valence-electron chi connectivity index (χ4n) is 2.47. The van der Waals surface area contributed by atoms with Crippen molar-refractivity contribution >= 4 is 29.3 Å². The van der Waals surface area contributed by atoms with Crippen LogP contribution in [0.1, 0.15) is 6.92 Å². The van der Waals surface area contributed by atoms with Crippen LogP contribution in [0.5, 0.6) is 11.5 Å². The van der Waals surface area contributed by atoms with E-state index in [1.165, 1.54) is 16.4 Å². The van der Waals surface area contributed by atoms with Gasteiger partial charge in [-0.05, 0) is 65.9 Å². The lowest BCUT2D eigenvalue weighted by atomic mass is 10.3. The molecule has 0 radical (unpaired) electrons. The molecule has 0 saturated heterocycles. The molecule has 10 heteroatoms. The minimum absolute atomic E-state index is 0.0602. The Morgan fingerprint density at radius 1 is 1.24 bits per heavy atom. The van der Waals surface area contributed by atoms with Crippen molar-refractivity contribution in [1.82, 2.24) is 25.1 Å². The highest BCUT2D eigenvalue weighted by Crippen LogP contribution is 2.24. The van der Waals surface area contributed by atoms with Crippen molar-refractivity contribution < 1.29 is 14.6 Å². The van der Waals surface area contributed by atoms with Crippen LogP contribution in [0.3, 0.4) is 0 Å². The predicted octanol–water partition coefficient (Wildman–Crippen LogP) is 3.04. The topological polar surface area (TPSA) is 93.4 Å². The van der Waals surface area contributed by atoms with Gasteiger partial charge in [0.15, 0.2) is 0 Å². The van der Waals surface area contributed by atoms with E-state index in [0.717, 1.165) is 0 Å². The van der Waals surface area contributed by atoms with Gasteiger partial charge in [-0.2, -0.15) is 4.68 Å². The number of likely N-dealkylation sites (N-methyl/N-ethyl adjacent to an activating group) is 1. The molecule has 1 amide bonds. The van der Waals surface area contributed by atoms with Crippen molar-refractivity contribution in [3.8, 4) is 17.2 Å². The van der Waals surface area contributed by atoms with Gasteiger partial charge in [0, 0.05) is 12.1 Å². The van der Waals surface area contributed by atoms with Crippen LogP contribution in [0.25, 0.3) is 5.69 Å². The number of hydrogen-bond donors (Lipinski definition) is 1. The molecule has 29 heavy (non-hydrogen) atoms. The summed E-state index contributed by atoms with van der Waals surface area (Å²) < 4.78 is 7.16. The smallest absolute Gasteiger partial charge is 0.235 e. The lowest BCUT2D eigenvalue weighted by Gasteiger charge is -2.21. The Morgan fingerprint density at radius 3 is 2.62 bits per heavy atom. The molecule has 1 heterocycles. The summed E-state index contributed by atoms with van der Waals surface area (Å²) in [6, 6.07) is 13.6. The molecular weight excluding hydrogens is 414 g/mol. The number of ether oxygens (including phenoxy) is 1. The monoisotopic (exact) mass is 433 g/mol. The van der Waals surface area contributed by atoms with E-state index < -0.39 is 5.25 Å². The molecule has 8 nitrogen and oxygen atoms in total. The molecular formula is C19H20ClN5O3S. The van der Waals surface area contributed by atoms with E-state index in [4.69, 9.17) is 16.3 Å². The summed E-state index contributed by atoms with van der Waals surface area (Å²) in [7, 11) is 1.73. The maximum atomic E-state index is 12.7. The second kappa shape index (κ2) is 9.62. The van der Waals surface area contributed by atoms with Crippen LogP contribution in [0.2, 0.25) is 5.02 Å². The Kier molecular flexibility index (Phi) is 6.95. The number of aromatic hydroxyl groups is 1. The number of phenolic OH excluding ortho intramolecular Hbond substituents is 1. The van der Waals surface area contributed by atoms with E-state index in [1.807, 2.05) is 0 Å². The van der Waals surface area contributed by atoms with E-state index in [-0.39, 0.29) is 11.7 Å². The third-order valence-electron chi connectivity index (χ3n) is 4.05. The first kappa shape index (κ1) is 20.9. The van der Waals surface area contributed by atoms with E-state index in [1.54, 1.807) is 67.4 Å². The molecule has 0 aliphatic heterocycles. The summed E-state index contributed by atoms with van der Waals surface area (Å²) in [6.45, 7) is 2.61. The summed E-state index contributed by atoms with van der Waals surface area (Å²) in [4.78, 5) is 14.3. The highest BCUT2D eigenvalue weighted by atomic mass is 35.5. The van der Waals surface area contributed by atoms with E-state index in [0.29, 0.717) is 34.8 Å². The molecule has 1 atom stereocenters. The van der Waals surface area contributed by atoms with Gasteiger partial charge in [-0.3, -0.25) is 4.79 Å². The summed E-state index contributed by atoms with van der Waals surface area (Å²) in [5, 5.41) is 21.8. The second-order valence-electron chi connectivity index (χ2n) is 6.21. The molecule has 3 aromatic rings. The fraction of sp³-hybridized carbons (Fsp3) is 0.263. The van der Waals surface area contributed by atoms with Gasteiger partial charge < -0.3 is 14.7 Å². The lowest BCUT2D eigenvalue weighted by Crippen LogP contribution is -2.36. The first-order valence-electron chi connectivity index (χ1n) is 8.82. The van der Waals surface area contributed by atoms with Gasteiger partial charge in [0.2, 0.25) is 11.1 Å². The average molecular weight is 434 g/mol. The van der Waals surface area contributed by atoms with Crippen LogP contribution in [0.15, 0.2) is 53.7 Å². The van der Waals surface area contributed by atoms with Crippen LogP contribution in [0.4, 0.5) is 0 Å². The summed E-state index contributed by atoms with van der Waals surface area (Å²) in [5.41, 5.74) is 0.694. The van der Waals surface area contributed by atoms with Gasteiger partial charge >= 0.3 is 0 Å². The van der Waals surface area contributed by atoms with Gasteiger partial charge in [0.25, 0.3) is 0 Å².